The van der Waals surface area contributed by atoms with Crippen LogP contribution in [0, 0.1) is 19.3 Å². The van der Waals surface area contributed by atoms with Crippen LogP contribution in [0.15, 0.2) is 6.33 Å². The second kappa shape index (κ2) is 15.6. The first-order valence-electron chi connectivity index (χ1n) is 14.4. The van der Waals surface area contributed by atoms with E-state index in [4.69, 9.17) is 15.9 Å². The standard InChI is InChI=1S/C29H43N5O6/c1-4-6-7-8-9-10-11-12-13-16-25(38)39-17-14-15-23(37)33-27-26-28(32-21(3)31-27)34(20-30-26)24-18-22(36)29(5-2,19-35)40-24/h2,20,22,24,35-36H,4,6-19H2,1,3H3,(H,31,32,33,37)/t22-,24+,29+/m0/s1. The highest BCUT2D eigenvalue weighted by Gasteiger charge is 2.47. The predicted molar refractivity (Wildman–Crippen MR) is 150 cm³/mol. The number of ether oxygens (including phenoxy) is 2. The lowest BCUT2D eigenvalue weighted by Crippen LogP contribution is -2.41. The number of aliphatic hydroxyl groups excluding tert-OH is 2. The Morgan fingerprint density at radius 1 is 1.15 bits per heavy atom. The van der Waals surface area contributed by atoms with Crippen LogP contribution >= 0.6 is 0 Å². The van der Waals surface area contributed by atoms with Gasteiger partial charge in [-0.15, -0.1) is 6.42 Å². The summed E-state index contributed by atoms with van der Waals surface area (Å²) >= 11 is 0. The molecule has 11 heteroatoms. The number of aryl methyl sites for hydroxylation is 1. The van der Waals surface area contributed by atoms with Crippen LogP contribution in [-0.2, 0) is 19.1 Å². The Balaban J connectivity index is 1.41. The molecular formula is C29H43N5O6. The van der Waals surface area contributed by atoms with Crippen molar-refractivity contribution in [1.29, 1.82) is 0 Å². The van der Waals surface area contributed by atoms with Crippen LogP contribution in [0.3, 0.4) is 0 Å². The molecule has 0 bridgehead atoms. The Labute approximate surface area is 236 Å². The first kappa shape index (κ1) is 31.5. The first-order valence-corrected chi connectivity index (χ1v) is 14.4. The fraction of sp³-hybridized carbons (Fsp3) is 0.690. The van der Waals surface area contributed by atoms with Crippen LogP contribution in [0.1, 0.15) is 102 Å². The van der Waals surface area contributed by atoms with Crippen LogP contribution in [0.5, 0.6) is 0 Å². The van der Waals surface area contributed by atoms with E-state index in [1.807, 2.05) is 0 Å². The minimum Gasteiger partial charge on any atom is -0.466 e. The number of aliphatic hydroxyl groups is 2. The quantitative estimate of drug-likeness (QED) is 0.149. The number of rotatable bonds is 17. The summed E-state index contributed by atoms with van der Waals surface area (Å²) in [5.74, 6) is 2.48. The number of nitrogens with one attached hydrogen (secondary N) is 1. The number of amides is 1. The lowest BCUT2D eigenvalue weighted by Gasteiger charge is -2.23. The number of fused-ring (bicyclic) bond motifs is 1. The fourth-order valence-corrected chi connectivity index (χ4v) is 4.83. The smallest absolute Gasteiger partial charge is 0.305 e. The Bertz CT molecular complexity index is 1160. The highest BCUT2D eigenvalue weighted by molar-refractivity contribution is 5.96. The van der Waals surface area contributed by atoms with Crippen LogP contribution < -0.4 is 5.32 Å². The lowest BCUT2D eigenvalue weighted by atomic mass is 9.99. The van der Waals surface area contributed by atoms with E-state index in [1.54, 1.807) is 11.5 Å². The van der Waals surface area contributed by atoms with Gasteiger partial charge in [-0.25, -0.2) is 15.0 Å². The maximum Gasteiger partial charge on any atom is 0.305 e. The molecule has 2 aromatic heterocycles. The van der Waals surface area contributed by atoms with Gasteiger partial charge in [0.1, 0.15) is 18.2 Å². The number of nitrogens with zero attached hydrogens (tertiary/aromatic N) is 4. The van der Waals surface area contributed by atoms with Gasteiger partial charge < -0.3 is 25.0 Å². The van der Waals surface area contributed by atoms with Crippen molar-refractivity contribution in [2.45, 2.75) is 115 Å². The number of carbonyl (C=O) groups excluding carboxylic acids is 2. The van der Waals surface area contributed by atoms with Crippen LogP contribution in [0.2, 0.25) is 0 Å². The molecule has 0 radical (unpaired) electrons. The van der Waals surface area contributed by atoms with Gasteiger partial charge in [-0.3, -0.25) is 14.2 Å². The SMILES string of the molecule is C#C[C@]1(CO)O[C@@H](n2cnc3c(NC(=O)CCCOC(=O)CCCCCCCCCCC)nc(C)nc32)C[C@@H]1O. The summed E-state index contributed by atoms with van der Waals surface area (Å²) in [7, 11) is 0. The molecule has 2 aromatic rings. The number of carbonyl (C=O) groups is 2. The molecule has 1 aliphatic rings. The number of imidazole rings is 1. The monoisotopic (exact) mass is 557 g/mol. The molecule has 1 aliphatic heterocycles. The normalized spacial score (nSPS) is 20.5. The topological polar surface area (TPSA) is 149 Å². The van der Waals surface area contributed by atoms with E-state index in [2.05, 4.69) is 33.1 Å². The third kappa shape index (κ3) is 8.46. The Hall–Kier alpha value is -3.07. The van der Waals surface area contributed by atoms with Crippen molar-refractivity contribution >= 4 is 28.9 Å². The van der Waals surface area contributed by atoms with Gasteiger partial charge >= 0.3 is 5.97 Å². The van der Waals surface area contributed by atoms with Gasteiger partial charge in [-0.05, 0) is 19.8 Å². The van der Waals surface area contributed by atoms with Gasteiger partial charge in [0, 0.05) is 19.3 Å². The molecule has 3 atom stereocenters. The molecule has 0 spiro atoms. The summed E-state index contributed by atoms with van der Waals surface area (Å²) in [5.41, 5.74) is -0.750. The van der Waals surface area contributed by atoms with E-state index in [-0.39, 0.29) is 37.1 Å². The molecule has 11 nitrogen and oxygen atoms in total. The fourth-order valence-electron chi connectivity index (χ4n) is 4.83. The summed E-state index contributed by atoms with van der Waals surface area (Å²) in [4.78, 5) is 37.7. The van der Waals surface area contributed by atoms with E-state index in [9.17, 15) is 19.8 Å². The molecule has 40 heavy (non-hydrogen) atoms. The molecule has 3 N–H and O–H groups in total. The second-order valence-corrected chi connectivity index (χ2v) is 10.4. The van der Waals surface area contributed by atoms with Crippen molar-refractivity contribution < 1.29 is 29.3 Å². The number of hydrogen-bond donors (Lipinski definition) is 3. The number of terminal acetylenes is 1. The van der Waals surface area contributed by atoms with Crippen molar-refractivity contribution in [2.24, 2.45) is 0 Å². The minimum absolute atomic E-state index is 0.138. The summed E-state index contributed by atoms with van der Waals surface area (Å²) in [6.07, 6.45) is 17.0. The highest BCUT2D eigenvalue weighted by atomic mass is 16.6. The molecule has 0 saturated carbocycles. The van der Waals surface area contributed by atoms with Gasteiger partial charge in [0.15, 0.2) is 22.6 Å². The molecule has 3 rings (SSSR count). The molecule has 0 aliphatic carbocycles. The Morgan fingerprint density at radius 2 is 1.85 bits per heavy atom. The van der Waals surface area contributed by atoms with Gasteiger partial charge in [0.05, 0.1) is 19.5 Å². The number of anilines is 1. The van der Waals surface area contributed by atoms with E-state index in [0.717, 1.165) is 19.3 Å². The molecule has 1 fully saturated rings. The average Bonchev–Trinajstić information content (AvgIpc) is 3.51. The molecule has 0 aromatic carbocycles. The maximum absolute atomic E-state index is 12.6. The predicted octanol–water partition coefficient (Wildman–Crippen LogP) is 3.96. The first-order chi connectivity index (χ1) is 19.3. The third-order valence-electron chi connectivity index (χ3n) is 7.19. The summed E-state index contributed by atoms with van der Waals surface area (Å²) < 4.78 is 12.7. The zero-order chi connectivity index (χ0) is 29.0. The van der Waals surface area contributed by atoms with Gasteiger partial charge in [0.2, 0.25) is 5.91 Å². The largest absolute Gasteiger partial charge is 0.466 e. The number of aromatic nitrogens is 4. The third-order valence-corrected chi connectivity index (χ3v) is 7.19. The number of unbranched alkanes of at least 4 members (excludes halogenated alkanes) is 8. The van der Waals surface area contributed by atoms with Gasteiger partial charge in [0.25, 0.3) is 0 Å². The summed E-state index contributed by atoms with van der Waals surface area (Å²) in [6, 6.07) is 0. The Morgan fingerprint density at radius 3 is 2.50 bits per heavy atom. The zero-order valence-corrected chi connectivity index (χ0v) is 23.7. The molecule has 3 heterocycles. The lowest BCUT2D eigenvalue weighted by molar-refractivity contribution is -0.144. The molecule has 220 valence electrons. The van der Waals surface area contributed by atoms with Crippen molar-refractivity contribution in [1.82, 2.24) is 19.5 Å². The number of esters is 1. The highest BCUT2D eigenvalue weighted by Crippen LogP contribution is 2.38. The molecular weight excluding hydrogens is 514 g/mol. The van der Waals surface area contributed by atoms with E-state index in [1.165, 1.54) is 44.9 Å². The van der Waals surface area contributed by atoms with Crippen molar-refractivity contribution in [3.8, 4) is 12.3 Å². The summed E-state index contributed by atoms with van der Waals surface area (Å²) in [5, 5.41) is 22.8. The molecule has 0 unspecified atom stereocenters. The summed E-state index contributed by atoms with van der Waals surface area (Å²) in [6.45, 7) is 3.55. The van der Waals surface area contributed by atoms with E-state index < -0.39 is 24.5 Å². The minimum atomic E-state index is -1.50. The molecule has 1 saturated heterocycles. The van der Waals surface area contributed by atoms with Crippen LogP contribution in [0.4, 0.5) is 5.82 Å². The van der Waals surface area contributed by atoms with Gasteiger partial charge in [-0.1, -0.05) is 64.2 Å². The van der Waals surface area contributed by atoms with Gasteiger partial charge in [-0.2, -0.15) is 0 Å². The van der Waals surface area contributed by atoms with Crippen molar-refractivity contribution in [3.05, 3.63) is 12.2 Å². The zero-order valence-electron chi connectivity index (χ0n) is 23.7. The number of hydrogen-bond acceptors (Lipinski definition) is 9. The Kier molecular flexibility index (Phi) is 12.3. The van der Waals surface area contributed by atoms with Crippen LogP contribution in [-0.4, -0.2) is 66.5 Å². The van der Waals surface area contributed by atoms with E-state index >= 15 is 0 Å². The average molecular weight is 558 g/mol. The maximum atomic E-state index is 12.6. The van der Waals surface area contributed by atoms with Crippen molar-refractivity contribution in [3.63, 3.8) is 0 Å². The van der Waals surface area contributed by atoms with Crippen LogP contribution in [0.25, 0.3) is 11.2 Å². The van der Waals surface area contributed by atoms with E-state index in [0.29, 0.717) is 29.8 Å². The second-order valence-electron chi connectivity index (χ2n) is 10.4. The van der Waals surface area contributed by atoms with Crippen molar-refractivity contribution in [2.75, 3.05) is 18.5 Å². The molecule has 1 amide bonds.